The highest BCUT2D eigenvalue weighted by atomic mass is 16.3. The van der Waals surface area contributed by atoms with Crippen LogP contribution in [0.5, 0.6) is 0 Å². The molecule has 4 aliphatic rings. The van der Waals surface area contributed by atoms with Crippen molar-refractivity contribution in [2.24, 2.45) is 16.7 Å². The Hall–Kier alpha value is -0.0800. The maximum Gasteiger partial charge on any atom is 0.0772 e. The van der Waals surface area contributed by atoms with Crippen molar-refractivity contribution in [3.8, 4) is 0 Å². The van der Waals surface area contributed by atoms with Crippen LogP contribution in [0.2, 0.25) is 0 Å². The minimum absolute atomic E-state index is 0.0208. The van der Waals surface area contributed by atoms with Crippen LogP contribution in [0.1, 0.15) is 32.6 Å². The smallest absolute Gasteiger partial charge is 0.0772 e. The molecule has 1 spiro atoms. The first kappa shape index (κ1) is 6.39. The van der Waals surface area contributed by atoms with Crippen molar-refractivity contribution in [3.63, 3.8) is 0 Å². The molecule has 4 rings (SSSR count). The van der Waals surface area contributed by atoms with Crippen molar-refractivity contribution in [3.05, 3.63) is 0 Å². The highest BCUT2D eigenvalue weighted by Crippen LogP contribution is 2.95. The number of hydrogen-bond donors (Lipinski definition) is 2. The molecule has 4 saturated carbocycles. The van der Waals surface area contributed by atoms with Crippen molar-refractivity contribution in [1.29, 1.82) is 0 Å². The van der Waals surface area contributed by atoms with Crippen LogP contribution < -0.4 is 0 Å². The molecule has 5 atom stereocenters. The Morgan fingerprint density at radius 3 is 2.17 bits per heavy atom. The highest BCUT2D eigenvalue weighted by Gasteiger charge is 2.98. The van der Waals surface area contributed by atoms with Crippen LogP contribution in [0.3, 0.4) is 0 Å². The van der Waals surface area contributed by atoms with Crippen LogP contribution >= 0.6 is 0 Å². The maximum absolute atomic E-state index is 10.1. The molecule has 0 aromatic rings. The first-order valence-electron chi connectivity index (χ1n) is 4.92. The Kier molecular flexibility index (Phi) is 0.598. The fourth-order valence-electron chi connectivity index (χ4n) is 5.88. The molecule has 0 aromatic heterocycles. The Labute approximate surface area is 71.6 Å². The van der Waals surface area contributed by atoms with E-state index in [0.29, 0.717) is 17.8 Å². The molecule has 12 heavy (non-hydrogen) atoms. The number of aliphatic hydroxyl groups is 2. The molecular weight excluding hydrogens is 152 g/mol. The second-order valence-electron chi connectivity index (χ2n) is 5.89. The lowest BCUT2D eigenvalue weighted by atomic mass is 9.10. The summed E-state index contributed by atoms with van der Waals surface area (Å²) >= 11 is 0. The van der Waals surface area contributed by atoms with Gasteiger partial charge in [-0.1, -0.05) is 6.92 Å². The molecule has 2 nitrogen and oxygen atoms in total. The molecule has 2 heteroatoms. The minimum atomic E-state index is -0.447. The van der Waals surface area contributed by atoms with Crippen LogP contribution in [0.4, 0.5) is 0 Å². The van der Waals surface area contributed by atoms with Crippen LogP contribution in [0, 0.1) is 16.7 Å². The summed E-state index contributed by atoms with van der Waals surface area (Å²) in [5.41, 5.74) is -0.611. The summed E-state index contributed by atoms with van der Waals surface area (Å²) in [6.07, 6.45) is 3.81. The third-order valence-electron chi connectivity index (χ3n) is 5.58. The van der Waals surface area contributed by atoms with E-state index in [0.717, 1.165) is 12.8 Å². The van der Waals surface area contributed by atoms with E-state index in [4.69, 9.17) is 0 Å². The molecule has 0 aromatic carbocycles. The topological polar surface area (TPSA) is 40.5 Å². The summed E-state index contributed by atoms with van der Waals surface area (Å²) in [5.74, 6) is 0.653. The predicted molar refractivity (Wildman–Crippen MR) is 42.4 cm³/mol. The van der Waals surface area contributed by atoms with Crippen LogP contribution in [0.15, 0.2) is 0 Å². The zero-order valence-corrected chi connectivity index (χ0v) is 7.30. The summed E-state index contributed by atoms with van der Waals surface area (Å²) in [6.45, 7) is 2.24. The van der Waals surface area contributed by atoms with Crippen molar-refractivity contribution in [2.75, 3.05) is 0 Å². The lowest BCUT2D eigenvalue weighted by Crippen LogP contribution is -3.00. The van der Waals surface area contributed by atoms with Gasteiger partial charge < -0.3 is 10.2 Å². The van der Waals surface area contributed by atoms with E-state index in [1.807, 2.05) is 0 Å². The number of hydrogen-bond acceptors (Lipinski definition) is 2. The number of rotatable bonds is 0. The van der Waals surface area contributed by atoms with Crippen molar-refractivity contribution >= 4 is 0 Å². The quantitative estimate of drug-likeness (QED) is 0.555. The maximum atomic E-state index is 10.1. The third kappa shape index (κ3) is 0.262. The van der Waals surface area contributed by atoms with E-state index < -0.39 is 11.2 Å². The molecule has 4 fully saturated rings. The molecule has 4 aliphatic carbocycles. The Morgan fingerprint density at radius 2 is 1.83 bits per heavy atom. The van der Waals surface area contributed by atoms with E-state index in [2.05, 4.69) is 6.92 Å². The second kappa shape index (κ2) is 1.12. The summed E-state index contributed by atoms with van der Waals surface area (Å²) in [5, 5.41) is 20.2. The molecular formula is C10H14O2. The van der Waals surface area contributed by atoms with E-state index >= 15 is 0 Å². The molecule has 5 unspecified atom stereocenters. The molecule has 2 N–H and O–H groups in total. The lowest BCUT2D eigenvalue weighted by molar-refractivity contribution is -0.538. The first-order valence-corrected chi connectivity index (χ1v) is 4.92. The highest BCUT2D eigenvalue weighted by molar-refractivity contribution is 5.47. The van der Waals surface area contributed by atoms with Gasteiger partial charge in [-0.25, -0.2) is 0 Å². The molecule has 0 aliphatic heterocycles. The van der Waals surface area contributed by atoms with Gasteiger partial charge in [0, 0.05) is 11.8 Å². The summed E-state index contributed by atoms with van der Waals surface area (Å²) in [7, 11) is 0. The van der Waals surface area contributed by atoms with Crippen LogP contribution in [-0.2, 0) is 0 Å². The molecule has 66 valence electrons. The van der Waals surface area contributed by atoms with Gasteiger partial charge >= 0.3 is 0 Å². The van der Waals surface area contributed by atoms with E-state index in [1.165, 1.54) is 6.42 Å². The second-order valence-corrected chi connectivity index (χ2v) is 5.89. The van der Waals surface area contributed by atoms with Gasteiger partial charge in [-0.2, -0.15) is 0 Å². The fourth-order valence-corrected chi connectivity index (χ4v) is 5.88. The normalized spacial score (nSPS) is 81.8. The van der Waals surface area contributed by atoms with Gasteiger partial charge in [-0.3, -0.25) is 0 Å². The fraction of sp³-hybridized carbons (Fsp3) is 1.00. The van der Waals surface area contributed by atoms with Crippen molar-refractivity contribution in [2.45, 2.75) is 43.8 Å². The van der Waals surface area contributed by atoms with Gasteiger partial charge in [-0.15, -0.1) is 0 Å². The van der Waals surface area contributed by atoms with Gasteiger partial charge in [0.2, 0.25) is 0 Å². The molecule has 0 bridgehead atoms. The van der Waals surface area contributed by atoms with Crippen LogP contribution in [-0.4, -0.2) is 21.4 Å². The zero-order chi connectivity index (χ0) is 8.41. The Balaban J connectivity index is 1.91. The lowest BCUT2D eigenvalue weighted by Gasteiger charge is -2.96. The third-order valence-corrected chi connectivity index (χ3v) is 5.58. The Morgan fingerprint density at radius 1 is 1.08 bits per heavy atom. The molecule has 0 radical (unpaired) electrons. The van der Waals surface area contributed by atoms with E-state index in [1.54, 1.807) is 0 Å². The van der Waals surface area contributed by atoms with Gasteiger partial charge in [0.05, 0.1) is 11.2 Å². The largest absolute Gasteiger partial charge is 0.389 e. The van der Waals surface area contributed by atoms with Gasteiger partial charge in [0.1, 0.15) is 0 Å². The zero-order valence-electron chi connectivity index (χ0n) is 7.30. The summed E-state index contributed by atoms with van der Waals surface area (Å²) < 4.78 is 0. The monoisotopic (exact) mass is 166 g/mol. The average Bonchev–Trinajstić information content (AvgIpc) is 1.78. The van der Waals surface area contributed by atoms with Crippen molar-refractivity contribution < 1.29 is 10.2 Å². The average molecular weight is 166 g/mol. The van der Waals surface area contributed by atoms with Crippen LogP contribution in [0.25, 0.3) is 0 Å². The predicted octanol–water partition coefficient (Wildman–Crippen LogP) is 0.672. The minimum Gasteiger partial charge on any atom is -0.389 e. The summed E-state index contributed by atoms with van der Waals surface area (Å²) in [4.78, 5) is 0. The molecule has 0 heterocycles. The van der Waals surface area contributed by atoms with Gasteiger partial charge in [-0.05, 0) is 30.6 Å². The Bertz CT molecular complexity index is 273. The van der Waals surface area contributed by atoms with Gasteiger partial charge in [0.15, 0.2) is 0 Å². The standard InChI is InChI=1S/C10H14O2/c1-7-2-6-3-8(11)5-9(12,4-7)10(6,7)8/h6,11-12H,2-5H2,1H3. The van der Waals surface area contributed by atoms with Gasteiger partial charge in [0.25, 0.3) is 0 Å². The first-order chi connectivity index (χ1) is 5.48. The molecule has 0 saturated heterocycles. The van der Waals surface area contributed by atoms with Crippen molar-refractivity contribution in [1.82, 2.24) is 0 Å². The SMILES string of the molecule is CC12CC3CC4(O)CC(O)(C1)C324. The van der Waals surface area contributed by atoms with E-state index in [9.17, 15) is 10.2 Å². The molecule has 0 amide bonds. The summed E-state index contributed by atoms with van der Waals surface area (Å²) in [6, 6.07) is 0. The van der Waals surface area contributed by atoms with E-state index in [-0.39, 0.29) is 5.41 Å².